The maximum atomic E-state index is 11.8. The van der Waals surface area contributed by atoms with Crippen molar-refractivity contribution in [1.82, 2.24) is 10.3 Å². The quantitative estimate of drug-likeness (QED) is 0.854. The zero-order valence-electron chi connectivity index (χ0n) is 11.0. The largest absolute Gasteiger partial charge is 0.481 e. The Morgan fingerprint density at radius 3 is 2.62 bits per heavy atom. The lowest BCUT2D eigenvalue weighted by Gasteiger charge is -2.04. The lowest BCUT2D eigenvalue weighted by atomic mass is 10.2. The molecule has 110 valence electrons. The van der Waals surface area contributed by atoms with Gasteiger partial charge in [0, 0.05) is 16.9 Å². The van der Waals surface area contributed by atoms with Crippen molar-refractivity contribution in [1.29, 1.82) is 0 Å². The van der Waals surface area contributed by atoms with E-state index in [-0.39, 0.29) is 18.7 Å². The van der Waals surface area contributed by atoms with Crippen molar-refractivity contribution in [2.45, 2.75) is 19.4 Å². The first-order chi connectivity index (χ1) is 10.0. The van der Waals surface area contributed by atoms with E-state index in [9.17, 15) is 9.59 Å². The van der Waals surface area contributed by atoms with Gasteiger partial charge >= 0.3 is 5.97 Å². The number of carboxylic acids is 1. The van der Waals surface area contributed by atoms with E-state index < -0.39 is 5.97 Å². The van der Waals surface area contributed by atoms with Gasteiger partial charge in [0.15, 0.2) is 0 Å². The maximum Gasteiger partial charge on any atom is 0.309 e. The molecular weight excluding hydrogens is 312 g/mol. The van der Waals surface area contributed by atoms with Crippen LogP contribution in [0.3, 0.4) is 0 Å². The summed E-state index contributed by atoms with van der Waals surface area (Å²) in [4.78, 5) is 26.5. The van der Waals surface area contributed by atoms with Gasteiger partial charge in [0.05, 0.1) is 18.5 Å². The van der Waals surface area contributed by atoms with Crippen LogP contribution < -0.4 is 5.32 Å². The number of aliphatic carboxylic acids is 1. The van der Waals surface area contributed by atoms with Crippen molar-refractivity contribution in [3.63, 3.8) is 0 Å². The van der Waals surface area contributed by atoms with Crippen molar-refractivity contribution in [2.24, 2.45) is 0 Å². The average molecular weight is 325 g/mol. The first kappa shape index (κ1) is 15.5. The molecule has 1 aromatic heterocycles. The third-order valence-electron chi connectivity index (χ3n) is 2.65. The number of rotatable bonds is 6. The minimum Gasteiger partial charge on any atom is -0.481 e. The van der Waals surface area contributed by atoms with Gasteiger partial charge < -0.3 is 10.4 Å². The molecule has 21 heavy (non-hydrogen) atoms. The van der Waals surface area contributed by atoms with E-state index in [0.717, 1.165) is 5.56 Å². The number of nitrogens with zero attached hydrogens (tertiary/aromatic N) is 1. The van der Waals surface area contributed by atoms with Crippen LogP contribution in [0.4, 0.5) is 0 Å². The molecule has 1 heterocycles. The summed E-state index contributed by atoms with van der Waals surface area (Å²) in [5.74, 6) is -1.08. The number of carbonyl (C=O) groups excluding carboxylic acids is 1. The van der Waals surface area contributed by atoms with Crippen LogP contribution in [-0.4, -0.2) is 22.0 Å². The van der Waals surface area contributed by atoms with Crippen LogP contribution >= 0.6 is 22.9 Å². The molecule has 0 unspecified atom stereocenters. The fraction of sp³-hybridized carbons (Fsp3) is 0.214. The van der Waals surface area contributed by atoms with E-state index in [1.807, 2.05) is 12.1 Å². The van der Waals surface area contributed by atoms with Gasteiger partial charge in [-0.2, -0.15) is 0 Å². The van der Waals surface area contributed by atoms with Gasteiger partial charge in [0.2, 0.25) is 5.91 Å². The molecular formula is C14H13ClN2O3S. The number of halogens is 1. The molecule has 2 rings (SSSR count). The molecule has 0 aliphatic heterocycles. The highest BCUT2D eigenvalue weighted by atomic mass is 35.5. The monoisotopic (exact) mass is 324 g/mol. The van der Waals surface area contributed by atoms with Crippen LogP contribution in [0, 0.1) is 0 Å². The SMILES string of the molecule is O=C(O)Cc1csc(CC(=O)NCc2ccc(Cl)cc2)n1. The summed E-state index contributed by atoms with van der Waals surface area (Å²) in [6.07, 6.45) is 0.0285. The predicted octanol–water partition coefficient (Wildman–Crippen LogP) is 2.28. The Kier molecular flexibility index (Phi) is 5.30. The smallest absolute Gasteiger partial charge is 0.309 e. The van der Waals surface area contributed by atoms with Crippen LogP contribution in [0.15, 0.2) is 29.6 Å². The molecule has 0 aliphatic rings. The second-order valence-electron chi connectivity index (χ2n) is 4.38. The molecule has 0 fully saturated rings. The summed E-state index contributed by atoms with van der Waals surface area (Å²) < 4.78 is 0. The van der Waals surface area contributed by atoms with Gasteiger partial charge in [-0.1, -0.05) is 23.7 Å². The van der Waals surface area contributed by atoms with Gasteiger partial charge in [0.1, 0.15) is 5.01 Å². The Morgan fingerprint density at radius 1 is 1.24 bits per heavy atom. The Hall–Kier alpha value is -1.92. The summed E-state index contributed by atoms with van der Waals surface area (Å²) >= 11 is 7.07. The van der Waals surface area contributed by atoms with Crippen LogP contribution in [0.1, 0.15) is 16.3 Å². The number of carboxylic acid groups (broad SMARTS) is 1. The van der Waals surface area contributed by atoms with Crippen molar-refractivity contribution in [2.75, 3.05) is 0 Å². The van der Waals surface area contributed by atoms with E-state index in [2.05, 4.69) is 10.3 Å². The number of thiazole rings is 1. The summed E-state index contributed by atoms with van der Waals surface area (Å²) in [5.41, 5.74) is 1.44. The molecule has 2 N–H and O–H groups in total. The Balaban J connectivity index is 1.82. The number of carbonyl (C=O) groups is 2. The van der Waals surface area contributed by atoms with Crippen molar-refractivity contribution < 1.29 is 14.7 Å². The van der Waals surface area contributed by atoms with Crippen LogP contribution in [0.2, 0.25) is 5.02 Å². The first-order valence-electron chi connectivity index (χ1n) is 6.19. The highest BCUT2D eigenvalue weighted by Crippen LogP contribution is 2.12. The molecule has 0 atom stereocenters. The molecule has 0 saturated carbocycles. The highest BCUT2D eigenvalue weighted by Gasteiger charge is 2.09. The van der Waals surface area contributed by atoms with Crippen molar-refractivity contribution >= 4 is 34.8 Å². The molecule has 1 aromatic carbocycles. The molecule has 5 nitrogen and oxygen atoms in total. The van der Waals surface area contributed by atoms with Gasteiger partial charge in [-0.05, 0) is 17.7 Å². The molecule has 0 aliphatic carbocycles. The number of nitrogens with one attached hydrogen (secondary N) is 1. The van der Waals surface area contributed by atoms with E-state index in [0.29, 0.717) is 22.3 Å². The topological polar surface area (TPSA) is 79.3 Å². The summed E-state index contributed by atoms with van der Waals surface area (Å²) in [5, 5.41) is 14.4. The Morgan fingerprint density at radius 2 is 1.95 bits per heavy atom. The molecule has 0 radical (unpaired) electrons. The van der Waals surface area contributed by atoms with Crippen molar-refractivity contribution in [3.05, 3.63) is 50.9 Å². The molecule has 0 saturated heterocycles. The van der Waals surface area contributed by atoms with Crippen LogP contribution in [0.25, 0.3) is 0 Å². The van der Waals surface area contributed by atoms with Gasteiger partial charge in [-0.25, -0.2) is 4.98 Å². The number of benzene rings is 1. The molecule has 0 spiro atoms. The third kappa shape index (κ3) is 5.17. The second kappa shape index (κ2) is 7.19. The first-order valence-corrected chi connectivity index (χ1v) is 7.45. The Bertz CT molecular complexity index is 640. The summed E-state index contributed by atoms with van der Waals surface area (Å²) in [7, 11) is 0. The van der Waals surface area contributed by atoms with Crippen molar-refractivity contribution in [3.8, 4) is 0 Å². The molecule has 2 aromatic rings. The normalized spacial score (nSPS) is 10.3. The minimum absolute atomic E-state index is 0.122. The van der Waals surface area contributed by atoms with E-state index in [1.54, 1.807) is 17.5 Å². The zero-order chi connectivity index (χ0) is 15.2. The predicted molar refractivity (Wildman–Crippen MR) is 80.5 cm³/mol. The number of aromatic nitrogens is 1. The second-order valence-corrected chi connectivity index (χ2v) is 5.76. The van der Waals surface area contributed by atoms with Crippen LogP contribution in [0.5, 0.6) is 0 Å². The number of hydrogen-bond donors (Lipinski definition) is 2. The fourth-order valence-corrected chi connectivity index (χ4v) is 2.59. The molecule has 0 bridgehead atoms. The molecule has 1 amide bonds. The van der Waals surface area contributed by atoms with E-state index in [4.69, 9.17) is 16.7 Å². The third-order valence-corrected chi connectivity index (χ3v) is 3.80. The lowest BCUT2D eigenvalue weighted by Crippen LogP contribution is -2.24. The van der Waals surface area contributed by atoms with Gasteiger partial charge in [-0.3, -0.25) is 9.59 Å². The maximum absolute atomic E-state index is 11.8. The molecule has 7 heteroatoms. The number of amides is 1. The van der Waals surface area contributed by atoms with E-state index in [1.165, 1.54) is 11.3 Å². The average Bonchev–Trinajstić information content (AvgIpc) is 2.84. The number of hydrogen-bond acceptors (Lipinski definition) is 4. The Labute approximate surface area is 130 Å². The summed E-state index contributed by atoms with van der Waals surface area (Å²) in [6.45, 7) is 0.420. The fourth-order valence-electron chi connectivity index (χ4n) is 1.67. The summed E-state index contributed by atoms with van der Waals surface area (Å²) in [6, 6.07) is 7.22. The standard InChI is InChI=1S/C14H13ClN2O3S/c15-10-3-1-9(2-4-10)7-16-12(18)6-13-17-11(8-21-13)5-14(19)20/h1-4,8H,5-7H2,(H,16,18)(H,19,20). The van der Waals surface area contributed by atoms with Crippen LogP contribution in [-0.2, 0) is 29.0 Å². The van der Waals surface area contributed by atoms with Gasteiger partial charge in [-0.15, -0.1) is 11.3 Å². The van der Waals surface area contributed by atoms with Gasteiger partial charge in [0.25, 0.3) is 0 Å². The zero-order valence-corrected chi connectivity index (χ0v) is 12.6. The highest BCUT2D eigenvalue weighted by molar-refractivity contribution is 7.09. The van der Waals surface area contributed by atoms with E-state index >= 15 is 0 Å². The lowest BCUT2D eigenvalue weighted by molar-refractivity contribution is -0.136. The minimum atomic E-state index is -0.931.